The van der Waals surface area contributed by atoms with Gasteiger partial charge in [0.05, 0.1) is 4.47 Å². The van der Waals surface area contributed by atoms with E-state index in [9.17, 15) is 4.79 Å². The van der Waals surface area contributed by atoms with Gasteiger partial charge in [0, 0.05) is 19.1 Å². The Labute approximate surface area is 147 Å². The summed E-state index contributed by atoms with van der Waals surface area (Å²) in [6.07, 6.45) is 0.345. The molecule has 0 radical (unpaired) electrons. The highest BCUT2D eigenvalue weighted by atomic mass is 79.9. The Morgan fingerprint density at radius 2 is 2.04 bits per heavy atom. The number of para-hydroxylation sites is 1. The number of halogens is 1. The minimum atomic E-state index is -0.487. The maximum Gasteiger partial charge on any atom is 0.263 e. The Balaban J connectivity index is 2.15. The molecule has 4 nitrogen and oxygen atoms in total. The molecule has 1 amide bonds. The average molecular weight is 383 g/mol. The molecule has 1 heterocycles. The molecule has 23 heavy (non-hydrogen) atoms. The van der Waals surface area contributed by atoms with Crippen molar-refractivity contribution in [3.05, 3.63) is 28.7 Å². The predicted octanol–water partition coefficient (Wildman–Crippen LogP) is 3.44. The third-order valence-electron chi connectivity index (χ3n) is 4.56. The Hall–Kier alpha value is -1.07. The molecule has 0 aliphatic carbocycles. The van der Waals surface area contributed by atoms with Gasteiger partial charge in [-0.15, -0.1) is 0 Å². The second kappa shape index (κ2) is 7.22. The molecule has 1 fully saturated rings. The molecule has 1 aromatic carbocycles. The first-order chi connectivity index (χ1) is 10.7. The maximum atomic E-state index is 13.0. The van der Waals surface area contributed by atoms with Crippen LogP contribution in [0.4, 0.5) is 0 Å². The van der Waals surface area contributed by atoms with Gasteiger partial charge in [0.15, 0.2) is 6.10 Å². The lowest BCUT2D eigenvalue weighted by Gasteiger charge is -2.43. The average Bonchev–Trinajstić information content (AvgIpc) is 2.48. The Morgan fingerprint density at radius 3 is 2.61 bits per heavy atom. The van der Waals surface area contributed by atoms with Crippen molar-refractivity contribution in [2.45, 2.75) is 46.3 Å². The molecule has 0 saturated carbocycles. The van der Waals surface area contributed by atoms with Crippen molar-refractivity contribution in [2.75, 3.05) is 13.1 Å². The lowest BCUT2D eigenvalue weighted by Crippen LogP contribution is -2.57. The van der Waals surface area contributed by atoms with Crippen LogP contribution in [0, 0.1) is 11.3 Å². The molecule has 5 heteroatoms. The number of hydrogen-bond acceptors (Lipinski definition) is 3. The fourth-order valence-corrected chi connectivity index (χ4v) is 3.27. The molecular formula is C18H27BrN2O2. The molecule has 0 aromatic heterocycles. The van der Waals surface area contributed by atoms with Crippen LogP contribution >= 0.6 is 15.9 Å². The summed E-state index contributed by atoms with van der Waals surface area (Å²) in [7, 11) is 0. The number of piperidine rings is 1. The molecule has 1 saturated heterocycles. The lowest BCUT2D eigenvalue weighted by atomic mass is 9.79. The highest BCUT2D eigenvalue weighted by Gasteiger charge is 2.38. The van der Waals surface area contributed by atoms with Gasteiger partial charge in [0.1, 0.15) is 5.75 Å². The summed E-state index contributed by atoms with van der Waals surface area (Å²) < 4.78 is 6.91. The zero-order valence-corrected chi connectivity index (χ0v) is 16.0. The number of benzene rings is 1. The Morgan fingerprint density at radius 1 is 1.39 bits per heavy atom. The van der Waals surface area contributed by atoms with E-state index in [2.05, 4.69) is 29.8 Å². The van der Waals surface area contributed by atoms with Crippen LogP contribution in [0.1, 0.15) is 34.1 Å². The van der Waals surface area contributed by atoms with Crippen molar-refractivity contribution in [1.82, 2.24) is 4.90 Å². The summed E-state index contributed by atoms with van der Waals surface area (Å²) in [5.41, 5.74) is 6.11. The zero-order valence-electron chi connectivity index (χ0n) is 14.4. The maximum absolute atomic E-state index is 13.0. The molecular weight excluding hydrogens is 356 g/mol. The van der Waals surface area contributed by atoms with Gasteiger partial charge in [0.25, 0.3) is 5.91 Å². The van der Waals surface area contributed by atoms with E-state index in [1.54, 1.807) is 0 Å². The van der Waals surface area contributed by atoms with E-state index < -0.39 is 6.10 Å². The number of nitrogens with two attached hydrogens (primary N) is 1. The van der Waals surface area contributed by atoms with Crippen LogP contribution in [-0.4, -0.2) is 36.0 Å². The number of rotatable bonds is 4. The van der Waals surface area contributed by atoms with Gasteiger partial charge in [-0.05, 0) is 45.8 Å². The fourth-order valence-electron chi connectivity index (χ4n) is 2.89. The van der Waals surface area contributed by atoms with Gasteiger partial charge < -0.3 is 15.4 Å². The third kappa shape index (κ3) is 4.27. The first kappa shape index (κ1) is 18.3. The topological polar surface area (TPSA) is 55.6 Å². The van der Waals surface area contributed by atoms with E-state index in [1.165, 1.54) is 0 Å². The van der Waals surface area contributed by atoms with Gasteiger partial charge in [-0.1, -0.05) is 39.8 Å². The molecule has 2 N–H and O–H groups in total. The molecule has 0 spiro atoms. The van der Waals surface area contributed by atoms with Crippen molar-refractivity contribution in [1.29, 1.82) is 0 Å². The number of amides is 1. The lowest BCUT2D eigenvalue weighted by molar-refractivity contribution is -0.144. The summed E-state index contributed by atoms with van der Waals surface area (Å²) in [4.78, 5) is 14.9. The van der Waals surface area contributed by atoms with E-state index in [1.807, 2.05) is 43.0 Å². The van der Waals surface area contributed by atoms with Gasteiger partial charge in [-0.3, -0.25) is 4.79 Å². The van der Waals surface area contributed by atoms with Crippen molar-refractivity contribution in [3.63, 3.8) is 0 Å². The number of ether oxygens (including phenoxy) is 1. The van der Waals surface area contributed by atoms with Gasteiger partial charge >= 0.3 is 0 Å². The molecule has 1 aliphatic heterocycles. The first-order valence-electron chi connectivity index (χ1n) is 8.18. The monoisotopic (exact) mass is 382 g/mol. The highest BCUT2D eigenvalue weighted by molar-refractivity contribution is 9.10. The van der Waals surface area contributed by atoms with E-state index in [0.717, 1.165) is 10.9 Å². The van der Waals surface area contributed by atoms with Crippen molar-refractivity contribution >= 4 is 21.8 Å². The molecule has 1 aliphatic rings. The molecule has 0 bridgehead atoms. The Bertz CT molecular complexity index is 560. The second-order valence-electron chi connectivity index (χ2n) is 7.36. The van der Waals surface area contributed by atoms with E-state index in [0.29, 0.717) is 18.8 Å². The van der Waals surface area contributed by atoms with Crippen LogP contribution in [0.15, 0.2) is 28.7 Å². The number of nitrogens with zero attached hydrogens (tertiary/aromatic N) is 1. The summed E-state index contributed by atoms with van der Waals surface area (Å²) in [5, 5.41) is 0. The van der Waals surface area contributed by atoms with Crippen molar-refractivity contribution < 1.29 is 9.53 Å². The molecule has 128 valence electrons. The van der Waals surface area contributed by atoms with Crippen LogP contribution < -0.4 is 10.5 Å². The number of likely N-dealkylation sites (tertiary alicyclic amines) is 1. The van der Waals surface area contributed by atoms with Gasteiger partial charge in [-0.25, -0.2) is 0 Å². The predicted molar refractivity (Wildman–Crippen MR) is 96.3 cm³/mol. The molecule has 2 rings (SSSR count). The van der Waals surface area contributed by atoms with E-state index in [4.69, 9.17) is 10.5 Å². The second-order valence-corrected chi connectivity index (χ2v) is 8.21. The largest absolute Gasteiger partial charge is 0.479 e. The van der Waals surface area contributed by atoms with Crippen LogP contribution in [0.3, 0.4) is 0 Å². The van der Waals surface area contributed by atoms with Crippen LogP contribution in [0.5, 0.6) is 5.75 Å². The SMILES string of the molecule is CC(C)C(Oc1ccccc1Br)C(=O)N1CCC(N)C(C)(C)C1. The fraction of sp³-hybridized carbons (Fsp3) is 0.611. The molecule has 2 atom stereocenters. The normalized spacial score (nSPS) is 22.0. The number of hydrogen-bond donors (Lipinski definition) is 1. The number of carbonyl (C=O) groups excluding carboxylic acids is 1. The van der Waals surface area contributed by atoms with Crippen molar-refractivity contribution in [3.8, 4) is 5.75 Å². The minimum absolute atomic E-state index is 0.0516. The van der Waals surface area contributed by atoms with Gasteiger partial charge in [0.2, 0.25) is 0 Å². The third-order valence-corrected chi connectivity index (χ3v) is 5.22. The van der Waals surface area contributed by atoms with E-state index in [-0.39, 0.29) is 23.3 Å². The molecule has 1 aromatic rings. The smallest absolute Gasteiger partial charge is 0.263 e. The summed E-state index contributed by atoms with van der Waals surface area (Å²) in [6, 6.07) is 7.76. The Kier molecular flexibility index (Phi) is 5.74. The molecule has 2 unspecified atom stereocenters. The minimum Gasteiger partial charge on any atom is -0.479 e. The van der Waals surface area contributed by atoms with Gasteiger partial charge in [-0.2, -0.15) is 0 Å². The standard InChI is InChI=1S/C18H27BrN2O2/c1-12(2)16(23-14-8-6-5-7-13(14)19)17(22)21-10-9-15(20)18(3,4)11-21/h5-8,12,15-16H,9-11,20H2,1-4H3. The van der Waals surface area contributed by atoms with Crippen molar-refractivity contribution in [2.24, 2.45) is 17.1 Å². The zero-order chi connectivity index (χ0) is 17.2. The summed E-state index contributed by atoms with van der Waals surface area (Å²) in [5.74, 6) is 0.844. The van der Waals surface area contributed by atoms with E-state index >= 15 is 0 Å². The van der Waals surface area contributed by atoms with Crippen LogP contribution in [-0.2, 0) is 4.79 Å². The van der Waals surface area contributed by atoms with Crippen LogP contribution in [0.2, 0.25) is 0 Å². The van der Waals surface area contributed by atoms with Crippen LogP contribution in [0.25, 0.3) is 0 Å². The highest BCUT2D eigenvalue weighted by Crippen LogP contribution is 2.30. The summed E-state index contributed by atoms with van der Waals surface area (Å²) >= 11 is 3.48. The summed E-state index contributed by atoms with van der Waals surface area (Å²) in [6.45, 7) is 9.65. The quantitative estimate of drug-likeness (QED) is 0.867. The first-order valence-corrected chi connectivity index (χ1v) is 8.97. The number of carbonyl (C=O) groups is 1.